The monoisotopic (exact) mass is 413 g/mol. The van der Waals surface area contributed by atoms with Gasteiger partial charge in [-0.3, -0.25) is 10.1 Å². The van der Waals surface area contributed by atoms with E-state index in [0.29, 0.717) is 6.42 Å². The second-order valence-corrected chi connectivity index (χ2v) is 7.64. The number of nitrogens with one attached hydrogen (secondary N) is 2. The van der Waals surface area contributed by atoms with Crippen LogP contribution in [-0.2, 0) is 10.0 Å². The highest BCUT2D eigenvalue weighted by molar-refractivity contribution is 9.10. The summed E-state index contributed by atoms with van der Waals surface area (Å²) in [5.74, 6) is 0. The molecule has 7 nitrogen and oxygen atoms in total. The molecular formula is C12H17BrClN3O4S. The molecule has 10 heteroatoms. The van der Waals surface area contributed by atoms with E-state index in [0.717, 1.165) is 13.0 Å². The lowest BCUT2D eigenvalue weighted by atomic mass is 10.0. The minimum atomic E-state index is -3.68. The first-order chi connectivity index (χ1) is 9.79. The van der Waals surface area contributed by atoms with Crippen molar-refractivity contribution in [2.75, 3.05) is 6.54 Å². The summed E-state index contributed by atoms with van der Waals surface area (Å²) in [4.78, 5) is 10.2. The van der Waals surface area contributed by atoms with Gasteiger partial charge in [-0.05, 0) is 54.4 Å². The third kappa shape index (κ3) is 4.63. The number of hydrogen-bond donors (Lipinski definition) is 2. The summed E-state index contributed by atoms with van der Waals surface area (Å²) in [6.45, 7) is 2.77. The van der Waals surface area contributed by atoms with Crippen molar-refractivity contribution in [3.8, 4) is 0 Å². The van der Waals surface area contributed by atoms with Gasteiger partial charge in [0, 0.05) is 18.2 Å². The predicted octanol–water partition coefficient (Wildman–Crippen LogP) is 2.20. The highest BCUT2D eigenvalue weighted by atomic mass is 79.9. The summed E-state index contributed by atoms with van der Waals surface area (Å²) in [5.41, 5.74) is -0.163. The Morgan fingerprint density at radius 3 is 2.68 bits per heavy atom. The number of sulfonamides is 1. The average molecular weight is 415 g/mol. The largest absolute Gasteiger partial charge is 0.314 e. The molecule has 0 aliphatic carbocycles. The Morgan fingerprint density at radius 2 is 2.14 bits per heavy atom. The predicted molar refractivity (Wildman–Crippen MR) is 88.9 cm³/mol. The lowest BCUT2D eigenvalue weighted by Crippen LogP contribution is -2.46. The van der Waals surface area contributed by atoms with Gasteiger partial charge in [-0.2, -0.15) is 0 Å². The van der Waals surface area contributed by atoms with Gasteiger partial charge >= 0.3 is 0 Å². The molecule has 0 aromatic heterocycles. The van der Waals surface area contributed by atoms with Crippen molar-refractivity contribution in [1.82, 2.24) is 10.0 Å². The van der Waals surface area contributed by atoms with Gasteiger partial charge in [0.15, 0.2) is 0 Å². The van der Waals surface area contributed by atoms with Crippen molar-refractivity contribution in [3.63, 3.8) is 0 Å². The first-order valence-electron chi connectivity index (χ1n) is 6.49. The van der Waals surface area contributed by atoms with Gasteiger partial charge in [0.1, 0.15) is 0 Å². The fourth-order valence-corrected chi connectivity index (χ4v) is 4.31. The maximum absolute atomic E-state index is 12.3. The Balaban J connectivity index is 0.00000242. The van der Waals surface area contributed by atoms with E-state index in [4.69, 9.17) is 0 Å². The van der Waals surface area contributed by atoms with E-state index >= 15 is 0 Å². The van der Waals surface area contributed by atoms with Gasteiger partial charge in [0.25, 0.3) is 5.69 Å². The van der Waals surface area contributed by atoms with Gasteiger partial charge < -0.3 is 5.32 Å². The van der Waals surface area contributed by atoms with E-state index < -0.39 is 14.9 Å². The van der Waals surface area contributed by atoms with Crippen LogP contribution in [0.1, 0.15) is 19.8 Å². The van der Waals surface area contributed by atoms with Gasteiger partial charge in [-0.25, -0.2) is 13.1 Å². The second-order valence-electron chi connectivity index (χ2n) is 5.07. The SMILES string of the molecule is CC1CC(NS(=O)(=O)c2ccc([N+](=O)[O-])c(Br)c2)CCN1.Cl. The fourth-order valence-electron chi connectivity index (χ4n) is 2.33. The molecular weight excluding hydrogens is 398 g/mol. The molecule has 2 N–H and O–H groups in total. The molecule has 2 unspecified atom stereocenters. The van der Waals surface area contributed by atoms with Crippen LogP contribution in [-0.4, -0.2) is 32.0 Å². The molecule has 1 aliphatic rings. The van der Waals surface area contributed by atoms with Crippen molar-refractivity contribution >= 4 is 44.0 Å². The van der Waals surface area contributed by atoms with E-state index in [9.17, 15) is 18.5 Å². The third-order valence-electron chi connectivity index (χ3n) is 3.37. The van der Waals surface area contributed by atoms with Crippen LogP contribution in [0.5, 0.6) is 0 Å². The molecule has 124 valence electrons. The molecule has 22 heavy (non-hydrogen) atoms. The normalized spacial score (nSPS) is 21.9. The van der Waals surface area contributed by atoms with E-state index in [1.54, 1.807) is 0 Å². The zero-order valence-electron chi connectivity index (χ0n) is 11.8. The van der Waals surface area contributed by atoms with Crippen LogP contribution in [0.3, 0.4) is 0 Å². The quantitative estimate of drug-likeness (QED) is 0.581. The second kappa shape index (κ2) is 7.69. The summed E-state index contributed by atoms with van der Waals surface area (Å²) in [5, 5.41) is 14.0. The van der Waals surface area contributed by atoms with Crippen molar-refractivity contribution < 1.29 is 13.3 Å². The number of nitro groups is 1. The third-order valence-corrected chi connectivity index (χ3v) is 5.52. The molecule has 1 fully saturated rings. The minimum Gasteiger partial charge on any atom is -0.314 e. The molecule has 0 spiro atoms. The topological polar surface area (TPSA) is 101 Å². The number of rotatable bonds is 4. The van der Waals surface area contributed by atoms with E-state index in [2.05, 4.69) is 26.0 Å². The maximum atomic E-state index is 12.3. The van der Waals surface area contributed by atoms with Crippen LogP contribution < -0.4 is 10.0 Å². The molecule has 1 aromatic carbocycles. The number of hydrogen-bond acceptors (Lipinski definition) is 5. The van der Waals surface area contributed by atoms with Crippen LogP contribution in [0.4, 0.5) is 5.69 Å². The van der Waals surface area contributed by atoms with Gasteiger partial charge in [0.05, 0.1) is 14.3 Å². The van der Waals surface area contributed by atoms with Crippen molar-refractivity contribution in [2.24, 2.45) is 0 Å². The maximum Gasteiger partial charge on any atom is 0.283 e. The average Bonchev–Trinajstić information content (AvgIpc) is 2.37. The number of nitrogens with zero attached hydrogens (tertiary/aromatic N) is 1. The molecule has 2 atom stereocenters. The summed E-state index contributed by atoms with van der Waals surface area (Å²) in [6.07, 6.45) is 1.44. The Bertz CT molecular complexity index is 656. The van der Waals surface area contributed by atoms with Crippen molar-refractivity contribution in [3.05, 3.63) is 32.8 Å². The van der Waals surface area contributed by atoms with Crippen LogP contribution >= 0.6 is 28.3 Å². The molecule has 0 bridgehead atoms. The minimum absolute atomic E-state index is 0. The molecule has 0 saturated carbocycles. The molecule has 0 radical (unpaired) electrons. The van der Waals surface area contributed by atoms with Crippen LogP contribution in [0.15, 0.2) is 27.6 Å². The Labute approximate surface area is 143 Å². The number of benzene rings is 1. The van der Waals surface area contributed by atoms with Gasteiger partial charge in [-0.15, -0.1) is 12.4 Å². The van der Waals surface area contributed by atoms with Crippen LogP contribution in [0.2, 0.25) is 0 Å². The van der Waals surface area contributed by atoms with Crippen LogP contribution in [0, 0.1) is 10.1 Å². The zero-order chi connectivity index (χ0) is 15.6. The number of halogens is 2. The highest BCUT2D eigenvalue weighted by Gasteiger charge is 2.25. The summed E-state index contributed by atoms with van der Waals surface area (Å²) in [7, 11) is -3.68. The van der Waals surface area contributed by atoms with Gasteiger partial charge in [0.2, 0.25) is 10.0 Å². The zero-order valence-corrected chi connectivity index (χ0v) is 15.0. The number of piperidine rings is 1. The van der Waals surface area contributed by atoms with Crippen molar-refractivity contribution in [2.45, 2.75) is 36.7 Å². The summed E-state index contributed by atoms with van der Waals surface area (Å²) < 4.78 is 27.4. The molecule has 2 rings (SSSR count). The van der Waals surface area contributed by atoms with Crippen LogP contribution in [0.25, 0.3) is 0 Å². The molecule has 1 aliphatic heterocycles. The number of nitro benzene ring substituents is 1. The molecule has 1 aromatic rings. The Morgan fingerprint density at radius 1 is 1.45 bits per heavy atom. The first kappa shape index (κ1) is 19.3. The molecule has 0 amide bonds. The standard InChI is InChI=1S/C12H16BrN3O4S.ClH/c1-8-6-9(4-5-14-8)15-21(19,20)10-2-3-12(16(17)18)11(13)7-10;/h2-3,7-9,14-15H,4-6H2,1H3;1H. The summed E-state index contributed by atoms with van der Waals surface area (Å²) >= 11 is 3.03. The van der Waals surface area contributed by atoms with Gasteiger partial charge in [-0.1, -0.05) is 0 Å². The lowest BCUT2D eigenvalue weighted by Gasteiger charge is -2.28. The highest BCUT2D eigenvalue weighted by Crippen LogP contribution is 2.27. The lowest BCUT2D eigenvalue weighted by molar-refractivity contribution is -0.385. The summed E-state index contributed by atoms with van der Waals surface area (Å²) in [6, 6.07) is 3.82. The smallest absolute Gasteiger partial charge is 0.283 e. The van der Waals surface area contributed by atoms with E-state index in [-0.39, 0.29) is 39.5 Å². The Hall–Kier alpha value is -0.740. The van der Waals surface area contributed by atoms with E-state index in [1.807, 2.05) is 6.92 Å². The van der Waals surface area contributed by atoms with E-state index in [1.165, 1.54) is 18.2 Å². The van der Waals surface area contributed by atoms with Crippen molar-refractivity contribution in [1.29, 1.82) is 0 Å². The molecule has 1 saturated heterocycles. The fraction of sp³-hybridized carbons (Fsp3) is 0.500. The Kier molecular flexibility index (Phi) is 6.75. The molecule has 1 heterocycles. The first-order valence-corrected chi connectivity index (χ1v) is 8.77.